The summed E-state index contributed by atoms with van der Waals surface area (Å²) in [5, 5.41) is 5.07. The molecule has 0 aliphatic rings. The SMILES string of the molecule is Cc1cccc(F)c1NC(=O)Nc1ccc2[nH]c(=O)[nH]c2c1. The van der Waals surface area contributed by atoms with Crippen LogP contribution in [0.4, 0.5) is 20.6 Å². The first kappa shape index (κ1) is 13.9. The highest BCUT2D eigenvalue weighted by Crippen LogP contribution is 2.19. The maximum atomic E-state index is 13.7. The number of aromatic nitrogens is 2. The zero-order chi connectivity index (χ0) is 15.7. The number of aromatic amines is 2. The molecule has 0 bridgehead atoms. The molecule has 0 aliphatic heterocycles. The lowest BCUT2D eigenvalue weighted by molar-refractivity contribution is 0.262. The van der Waals surface area contributed by atoms with Gasteiger partial charge in [-0.2, -0.15) is 0 Å². The number of urea groups is 1. The van der Waals surface area contributed by atoms with E-state index in [-0.39, 0.29) is 11.4 Å². The fraction of sp³-hybridized carbons (Fsp3) is 0.0667. The minimum absolute atomic E-state index is 0.135. The summed E-state index contributed by atoms with van der Waals surface area (Å²) in [6.45, 7) is 1.70. The highest BCUT2D eigenvalue weighted by atomic mass is 19.1. The molecule has 0 unspecified atom stereocenters. The number of carbonyl (C=O) groups excluding carboxylic acids is 1. The zero-order valence-electron chi connectivity index (χ0n) is 11.7. The van der Waals surface area contributed by atoms with Crippen LogP contribution in [0.1, 0.15) is 5.56 Å². The molecule has 0 aliphatic carbocycles. The summed E-state index contributed by atoms with van der Waals surface area (Å²) >= 11 is 0. The average molecular weight is 300 g/mol. The molecule has 3 rings (SSSR count). The number of nitrogens with one attached hydrogen (secondary N) is 4. The minimum Gasteiger partial charge on any atom is -0.308 e. The first-order valence-electron chi connectivity index (χ1n) is 6.58. The first-order chi connectivity index (χ1) is 10.5. The third-order valence-electron chi connectivity index (χ3n) is 3.23. The van der Waals surface area contributed by atoms with Crippen LogP contribution in [0.25, 0.3) is 11.0 Å². The van der Waals surface area contributed by atoms with Gasteiger partial charge >= 0.3 is 11.7 Å². The van der Waals surface area contributed by atoms with Gasteiger partial charge in [0.15, 0.2) is 0 Å². The van der Waals surface area contributed by atoms with Crippen molar-refractivity contribution >= 4 is 28.4 Å². The monoisotopic (exact) mass is 300 g/mol. The van der Waals surface area contributed by atoms with Gasteiger partial charge in [0, 0.05) is 5.69 Å². The zero-order valence-corrected chi connectivity index (χ0v) is 11.7. The summed E-state index contributed by atoms with van der Waals surface area (Å²) in [7, 11) is 0. The molecule has 2 aromatic carbocycles. The van der Waals surface area contributed by atoms with Crippen molar-refractivity contribution < 1.29 is 9.18 Å². The Balaban J connectivity index is 1.79. The average Bonchev–Trinajstić information content (AvgIpc) is 2.82. The number of anilines is 2. The van der Waals surface area contributed by atoms with Gasteiger partial charge in [-0.15, -0.1) is 0 Å². The number of fused-ring (bicyclic) bond motifs is 1. The molecule has 0 saturated heterocycles. The van der Waals surface area contributed by atoms with Crippen LogP contribution in [-0.4, -0.2) is 16.0 Å². The Labute approximate surface area is 124 Å². The Morgan fingerprint density at radius 2 is 1.86 bits per heavy atom. The Bertz CT molecular complexity index is 893. The molecule has 1 heterocycles. The summed E-state index contributed by atoms with van der Waals surface area (Å²) in [6.07, 6.45) is 0. The minimum atomic E-state index is -0.564. The van der Waals surface area contributed by atoms with E-state index >= 15 is 0 Å². The van der Waals surface area contributed by atoms with E-state index in [1.54, 1.807) is 37.3 Å². The van der Waals surface area contributed by atoms with Gasteiger partial charge < -0.3 is 20.6 Å². The largest absolute Gasteiger partial charge is 0.323 e. The maximum absolute atomic E-state index is 13.7. The van der Waals surface area contributed by atoms with Gasteiger partial charge in [0.1, 0.15) is 5.82 Å². The quantitative estimate of drug-likeness (QED) is 0.586. The molecule has 0 fully saturated rings. The summed E-state index contributed by atoms with van der Waals surface area (Å²) in [6, 6.07) is 8.90. The van der Waals surface area contributed by atoms with Crippen molar-refractivity contribution in [3.8, 4) is 0 Å². The fourth-order valence-corrected chi connectivity index (χ4v) is 2.18. The molecule has 0 spiro atoms. The van der Waals surface area contributed by atoms with E-state index in [1.165, 1.54) is 6.07 Å². The molecular weight excluding hydrogens is 287 g/mol. The standard InChI is InChI=1S/C15H13FN4O2/c1-8-3-2-4-10(16)13(8)20-14(21)17-9-5-6-11-12(7-9)19-15(22)18-11/h2-7H,1H3,(H2,17,20,21)(H2,18,19,22). The third kappa shape index (κ3) is 2.69. The number of carbonyl (C=O) groups is 1. The number of imidazole rings is 1. The van der Waals surface area contributed by atoms with Gasteiger partial charge in [-0.3, -0.25) is 0 Å². The summed E-state index contributed by atoms with van der Waals surface area (Å²) < 4.78 is 13.7. The third-order valence-corrected chi connectivity index (χ3v) is 3.23. The van der Waals surface area contributed by atoms with Gasteiger partial charge in [-0.25, -0.2) is 14.0 Å². The number of aryl methyl sites for hydroxylation is 1. The molecule has 4 N–H and O–H groups in total. The van der Waals surface area contributed by atoms with Crippen LogP contribution < -0.4 is 16.3 Å². The van der Waals surface area contributed by atoms with E-state index in [9.17, 15) is 14.0 Å². The van der Waals surface area contributed by atoms with Gasteiger partial charge in [-0.1, -0.05) is 12.1 Å². The molecule has 0 saturated carbocycles. The molecule has 6 nitrogen and oxygen atoms in total. The fourth-order valence-electron chi connectivity index (χ4n) is 2.18. The van der Waals surface area contributed by atoms with Crippen LogP contribution in [0.15, 0.2) is 41.2 Å². The number of hydrogen-bond acceptors (Lipinski definition) is 2. The number of halogens is 1. The highest BCUT2D eigenvalue weighted by molar-refractivity contribution is 6.01. The Morgan fingerprint density at radius 1 is 1.09 bits per heavy atom. The summed E-state index contributed by atoms with van der Waals surface area (Å²) in [5.74, 6) is -0.499. The molecule has 1 aromatic heterocycles. The lowest BCUT2D eigenvalue weighted by Crippen LogP contribution is -2.20. The molecule has 3 aromatic rings. The second kappa shape index (κ2) is 5.36. The van der Waals surface area contributed by atoms with E-state index in [4.69, 9.17) is 0 Å². The molecular formula is C15H13FN4O2. The molecule has 0 radical (unpaired) electrons. The van der Waals surface area contributed by atoms with Crippen molar-refractivity contribution in [1.29, 1.82) is 0 Å². The smallest absolute Gasteiger partial charge is 0.308 e. The molecule has 7 heteroatoms. The molecule has 22 heavy (non-hydrogen) atoms. The number of H-pyrrole nitrogens is 2. The van der Waals surface area contributed by atoms with E-state index in [0.29, 0.717) is 22.3 Å². The second-order valence-electron chi connectivity index (χ2n) is 4.85. The predicted molar refractivity (Wildman–Crippen MR) is 82.7 cm³/mol. The van der Waals surface area contributed by atoms with Crippen molar-refractivity contribution in [2.75, 3.05) is 10.6 Å². The van der Waals surface area contributed by atoms with E-state index in [1.807, 2.05) is 0 Å². The topological polar surface area (TPSA) is 89.8 Å². The number of amides is 2. The van der Waals surface area contributed by atoms with E-state index in [0.717, 1.165) is 0 Å². The Hall–Kier alpha value is -3.09. The molecule has 0 atom stereocenters. The Morgan fingerprint density at radius 3 is 2.64 bits per heavy atom. The number of hydrogen-bond donors (Lipinski definition) is 4. The van der Waals surface area contributed by atoms with Crippen molar-refractivity contribution in [3.63, 3.8) is 0 Å². The van der Waals surface area contributed by atoms with Crippen LogP contribution in [0.3, 0.4) is 0 Å². The van der Waals surface area contributed by atoms with Crippen LogP contribution in [0, 0.1) is 12.7 Å². The van der Waals surface area contributed by atoms with Gasteiger partial charge in [0.25, 0.3) is 0 Å². The normalized spacial score (nSPS) is 10.6. The molecule has 112 valence electrons. The van der Waals surface area contributed by atoms with Crippen molar-refractivity contribution in [1.82, 2.24) is 9.97 Å². The van der Waals surface area contributed by atoms with Crippen molar-refractivity contribution in [3.05, 3.63) is 58.3 Å². The number of benzene rings is 2. The van der Waals surface area contributed by atoms with Gasteiger partial charge in [0.05, 0.1) is 16.7 Å². The van der Waals surface area contributed by atoms with Crippen molar-refractivity contribution in [2.45, 2.75) is 6.92 Å². The highest BCUT2D eigenvalue weighted by Gasteiger charge is 2.10. The molecule has 2 amide bonds. The van der Waals surface area contributed by atoms with Gasteiger partial charge in [0.2, 0.25) is 0 Å². The summed E-state index contributed by atoms with van der Waals surface area (Å²) in [5.41, 5.74) is 2.13. The second-order valence-corrected chi connectivity index (χ2v) is 4.85. The van der Waals surface area contributed by atoms with Crippen LogP contribution in [0.2, 0.25) is 0 Å². The maximum Gasteiger partial charge on any atom is 0.323 e. The van der Waals surface area contributed by atoms with Gasteiger partial charge in [-0.05, 0) is 36.8 Å². The lowest BCUT2D eigenvalue weighted by Gasteiger charge is -2.10. The summed E-state index contributed by atoms with van der Waals surface area (Å²) in [4.78, 5) is 28.3. The number of rotatable bonds is 2. The van der Waals surface area contributed by atoms with E-state index < -0.39 is 11.8 Å². The van der Waals surface area contributed by atoms with Crippen LogP contribution in [0.5, 0.6) is 0 Å². The lowest BCUT2D eigenvalue weighted by atomic mass is 10.2. The number of para-hydroxylation sites is 1. The van der Waals surface area contributed by atoms with E-state index in [2.05, 4.69) is 20.6 Å². The first-order valence-corrected chi connectivity index (χ1v) is 6.58. The van der Waals surface area contributed by atoms with Crippen molar-refractivity contribution in [2.24, 2.45) is 0 Å². The van der Waals surface area contributed by atoms with Crippen LogP contribution >= 0.6 is 0 Å². The predicted octanol–water partition coefficient (Wildman–Crippen LogP) is 2.95. The Kier molecular flexibility index (Phi) is 3.38. The van der Waals surface area contributed by atoms with Crippen LogP contribution in [-0.2, 0) is 0 Å².